The molecule has 0 aromatic carbocycles. The topological polar surface area (TPSA) is 39.2 Å². The minimum Gasteiger partial charge on any atom is -0.495 e. The Bertz CT molecular complexity index is 357. The molecule has 0 fully saturated rings. The van der Waals surface area contributed by atoms with Crippen molar-refractivity contribution in [3.63, 3.8) is 0 Å². The summed E-state index contributed by atoms with van der Waals surface area (Å²) in [5.74, 6) is -0.147. The van der Waals surface area contributed by atoms with Gasteiger partial charge in [0.1, 0.15) is 16.6 Å². The molecule has 0 radical (unpaired) electrons. The van der Waals surface area contributed by atoms with Crippen molar-refractivity contribution in [3.8, 4) is 5.75 Å². The quantitative estimate of drug-likeness (QED) is 0.582. The van der Waals surface area contributed by atoms with Gasteiger partial charge < -0.3 is 4.74 Å². The van der Waals surface area contributed by atoms with Gasteiger partial charge in [0.15, 0.2) is 6.29 Å². The maximum atomic E-state index is 12.3. The zero-order chi connectivity index (χ0) is 10.7. The van der Waals surface area contributed by atoms with Gasteiger partial charge in [-0.3, -0.25) is 4.79 Å². The zero-order valence-electron chi connectivity index (χ0n) is 7.13. The van der Waals surface area contributed by atoms with E-state index in [4.69, 9.17) is 11.6 Å². The number of nitrogens with zero attached hydrogens (tertiary/aromatic N) is 1. The maximum absolute atomic E-state index is 12.3. The molecule has 0 bridgehead atoms. The molecule has 0 spiro atoms. The second-order valence-corrected chi connectivity index (χ2v) is 2.73. The van der Waals surface area contributed by atoms with Crippen LogP contribution in [-0.2, 0) is 0 Å². The summed E-state index contributed by atoms with van der Waals surface area (Å²) in [6.07, 6.45) is -2.37. The third kappa shape index (κ3) is 1.98. The number of aldehydes is 1. The Balaban J connectivity index is 3.31. The number of hydrogen-bond donors (Lipinski definition) is 0. The summed E-state index contributed by atoms with van der Waals surface area (Å²) >= 11 is 5.47. The monoisotopic (exact) mass is 221 g/mol. The van der Waals surface area contributed by atoms with E-state index in [1.807, 2.05) is 0 Å². The van der Waals surface area contributed by atoms with Crippen LogP contribution >= 0.6 is 11.6 Å². The van der Waals surface area contributed by atoms with Crippen LogP contribution in [0.2, 0.25) is 5.15 Å². The van der Waals surface area contributed by atoms with Crippen molar-refractivity contribution in [2.75, 3.05) is 7.11 Å². The van der Waals surface area contributed by atoms with Crippen LogP contribution in [0.4, 0.5) is 8.78 Å². The second kappa shape index (κ2) is 4.32. The van der Waals surface area contributed by atoms with Crippen LogP contribution in [0.15, 0.2) is 6.07 Å². The number of halogens is 3. The standard InChI is InChI=1S/C8H6ClF2NO2/c1-14-5-2-4(3-13)7(9)12-6(5)8(10)11/h2-3,8H,1H3. The molecule has 1 rings (SSSR count). The molecule has 76 valence electrons. The molecule has 1 aromatic rings. The fraction of sp³-hybridized carbons (Fsp3) is 0.250. The third-order valence-corrected chi connectivity index (χ3v) is 1.85. The van der Waals surface area contributed by atoms with Crippen molar-refractivity contribution in [2.45, 2.75) is 6.43 Å². The highest BCUT2D eigenvalue weighted by atomic mass is 35.5. The minimum absolute atomic E-state index is 0.0212. The molecular weight excluding hydrogens is 216 g/mol. The van der Waals surface area contributed by atoms with E-state index in [0.29, 0.717) is 6.29 Å². The van der Waals surface area contributed by atoms with Gasteiger partial charge >= 0.3 is 0 Å². The molecule has 0 saturated carbocycles. The molecule has 14 heavy (non-hydrogen) atoms. The van der Waals surface area contributed by atoms with E-state index in [2.05, 4.69) is 9.72 Å². The summed E-state index contributed by atoms with van der Waals surface area (Å²) in [7, 11) is 1.21. The largest absolute Gasteiger partial charge is 0.495 e. The van der Waals surface area contributed by atoms with Crippen molar-refractivity contribution in [3.05, 3.63) is 22.5 Å². The summed E-state index contributed by atoms with van der Waals surface area (Å²) in [6, 6.07) is 1.13. The molecule has 0 unspecified atom stereocenters. The van der Waals surface area contributed by atoms with Crippen LogP contribution in [0.1, 0.15) is 22.5 Å². The molecule has 3 nitrogen and oxygen atoms in total. The van der Waals surface area contributed by atoms with E-state index in [-0.39, 0.29) is 16.5 Å². The lowest BCUT2D eigenvalue weighted by Crippen LogP contribution is -1.99. The Morgan fingerprint density at radius 2 is 2.29 bits per heavy atom. The van der Waals surface area contributed by atoms with Gasteiger partial charge in [-0.1, -0.05) is 11.6 Å². The number of hydrogen-bond acceptors (Lipinski definition) is 3. The predicted octanol–water partition coefficient (Wildman–Crippen LogP) is 2.49. The fourth-order valence-corrected chi connectivity index (χ4v) is 1.09. The first kappa shape index (κ1) is 10.8. The molecule has 0 saturated heterocycles. The van der Waals surface area contributed by atoms with Crippen molar-refractivity contribution in [1.82, 2.24) is 4.98 Å². The number of methoxy groups -OCH3 is 1. The normalized spacial score (nSPS) is 10.4. The van der Waals surface area contributed by atoms with E-state index < -0.39 is 12.1 Å². The third-order valence-electron chi connectivity index (χ3n) is 1.55. The van der Waals surface area contributed by atoms with Crippen molar-refractivity contribution in [2.24, 2.45) is 0 Å². The van der Waals surface area contributed by atoms with E-state index in [9.17, 15) is 13.6 Å². The van der Waals surface area contributed by atoms with E-state index in [0.717, 1.165) is 6.07 Å². The number of pyridine rings is 1. The summed E-state index contributed by atoms with van der Waals surface area (Å²) in [4.78, 5) is 13.8. The summed E-state index contributed by atoms with van der Waals surface area (Å²) in [6.45, 7) is 0. The lowest BCUT2D eigenvalue weighted by atomic mass is 10.2. The van der Waals surface area contributed by atoms with E-state index in [1.54, 1.807) is 0 Å². The summed E-state index contributed by atoms with van der Waals surface area (Å²) in [5.41, 5.74) is -0.545. The first-order valence-electron chi connectivity index (χ1n) is 3.58. The van der Waals surface area contributed by atoms with Crippen molar-refractivity contribution >= 4 is 17.9 Å². The first-order chi connectivity index (χ1) is 6.60. The number of carbonyl (C=O) groups is 1. The number of rotatable bonds is 3. The molecule has 0 aliphatic heterocycles. The molecule has 6 heteroatoms. The molecular formula is C8H6ClF2NO2. The number of alkyl halides is 2. The van der Waals surface area contributed by atoms with Gasteiger partial charge in [0, 0.05) is 0 Å². The lowest BCUT2D eigenvalue weighted by Gasteiger charge is -2.07. The molecule has 1 heterocycles. The van der Waals surface area contributed by atoms with Gasteiger partial charge in [0.25, 0.3) is 6.43 Å². The molecule has 0 amide bonds. The molecule has 0 atom stereocenters. The first-order valence-corrected chi connectivity index (χ1v) is 3.95. The van der Waals surface area contributed by atoms with Gasteiger partial charge in [0.05, 0.1) is 12.7 Å². The number of carbonyl (C=O) groups excluding carboxylic acids is 1. The van der Waals surface area contributed by atoms with E-state index >= 15 is 0 Å². The Morgan fingerprint density at radius 3 is 2.71 bits per heavy atom. The smallest absolute Gasteiger partial charge is 0.284 e. The molecule has 0 aliphatic rings. The van der Waals surface area contributed by atoms with Crippen molar-refractivity contribution < 1.29 is 18.3 Å². The zero-order valence-corrected chi connectivity index (χ0v) is 7.89. The summed E-state index contributed by atoms with van der Waals surface area (Å²) < 4.78 is 29.3. The Kier molecular flexibility index (Phi) is 3.35. The van der Waals surface area contributed by atoms with E-state index in [1.165, 1.54) is 7.11 Å². The van der Waals surface area contributed by atoms with Crippen LogP contribution in [0.5, 0.6) is 5.75 Å². The average molecular weight is 222 g/mol. The number of ether oxygens (including phenoxy) is 1. The highest BCUT2D eigenvalue weighted by Gasteiger charge is 2.18. The van der Waals surface area contributed by atoms with Gasteiger partial charge in [-0.25, -0.2) is 13.8 Å². The number of aromatic nitrogens is 1. The van der Waals surface area contributed by atoms with Crippen LogP contribution in [0, 0.1) is 0 Å². The minimum atomic E-state index is -2.79. The molecule has 0 aliphatic carbocycles. The van der Waals surface area contributed by atoms with Crippen LogP contribution in [0.25, 0.3) is 0 Å². The van der Waals surface area contributed by atoms with Crippen molar-refractivity contribution in [1.29, 1.82) is 0 Å². The Morgan fingerprint density at radius 1 is 1.64 bits per heavy atom. The molecule has 1 aromatic heterocycles. The maximum Gasteiger partial charge on any atom is 0.284 e. The second-order valence-electron chi connectivity index (χ2n) is 2.37. The van der Waals surface area contributed by atoms with Crippen LogP contribution in [-0.4, -0.2) is 18.4 Å². The SMILES string of the molecule is COc1cc(C=O)c(Cl)nc1C(F)F. The van der Waals surface area contributed by atoms with Gasteiger partial charge in [-0.2, -0.15) is 0 Å². The Hall–Kier alpha value is -1.23. The van der Waals surface area contributed by atoms with Gasteiger partial charge in [-0.05, 0) is 6.07 Å². The average Bonchev–Trinajstić information content (AvgIpc) is 2.17. The van der Waals surface area contributed by atoms with Crippen LogP contribution < -0.4 is 4.74 Å². The van der Waals surface area contributed by atoms with Gasteiger partial charge in [-0.15, -0.1) is 0 Å². The summed E-state index contributed by atoms with van der Waals surface area (Å²) in [5, 5.41) is -0.254. The predicted molar refractivity (Wildman–Crippen MR) is 46.1 cm³/mol. The highest BCUT2D eigenvalue weighted by Crippen LogP contribution is 2.29. The van der Waals surface area contributed by atoms with Gasteiger partial charge in [0.2, 0.25) is 0 Å². The van der Waals surface area contributed by atoms with Crippen LogP contribution in [0.3, 0.4) is 0 Å². The fourth-order valence-electron chi connectivity index (χ4n) is 0.903. The molecule has 0 N–H and O–H groups in total. The Labute approximate surface area is 83.7 Å². The lowest BCUT2D eigenvalue weighted by molar-refractivity contribution is 0.112. The highest BCUT2D eigenvalue weighted by molar-refractivity contribution is 6.31.